The van der Waals surface area contributed by atoms with Gasteiger partial charge in [0.2, 0.25) is 0 Å². The van der Waals surface area contributed by atoms with Crippen LogP contribution in [0.2, 0.25) is 0 Å². The molecule has 3 rings (SSSR count). The zero-order valence-corrected chi connectivity index (χ0v) is 15.9. The first-order valence-electron chi connectivity index (χ1n) is 8.87. The van der Waals surface area contributed by atoms with Crippen LogP contribution in [0.1, 0.15) is 16.7 Å². The average Bonchev–Trinajstić information content (AvgIpc) is 2.73. The predicted molar refractivity (Wildman–Crippen MR) is 106 cm³/mol. The first kappa shape index (κ1) is 21.2. The van der Waals surface area contributed by atoms with E-state index in [1.165, 1.54) is 37.6 Å². The molecule has 0 atom stereocenters. The minimum absolute atomic E-state index is 0.169. The number of halogens is 4. The molecular formula is C22H18F4N2O2. The third-order valence-electron chi connectivity index (χ3n) is 4.11. The van der Waals surface area contributed by atoms with Crippen molar-refractivity contribution >= 4 is 11.9 Å². The summed E-state index contributed by atoms with van der Waals surface area (Å²) in [5, 5.41) is 4.01. The van der Waals surface area contributed by atoms with E-state index in [1.54, 1.807) is 30.3 Å². The van der Waals surface area contributed by atoms with Gasteiger partial charge in [-0.3, -0.25) is 5.43 Å². The minimum atomic E-state index is -4.43. The number of benzene rings is 3. The topological polar surface area (TPSA) is 42.8 Å². The van der Waals surface area contributed by atoms with Gasteiger partial charge in [0.25, 0.3) is 0 Å². The molecule has 30 heavy (non-hydrogen) atoms. The molecule has 0 fully saturated rings. The Labute approximate surface area is 170 Å². The number of hydrogen-bond acceptors (Lipinski definition) is 4. The van der Waals surface area contributed by atoms with Gasteiger partial charge in [-0.2, -0.15) is 18.3 Å². The molecule has 0 aromatic heterocycles. The molecule has 0 unspecified atom stereocenters. The van der Waals surface area contributed by atoms with E-state index in [9.17, 15) is 17.6 Å². The summed E-state index contributed by atoms with van der Waals surface area (Å²) in [5.74, 6) is 0.517. The van der Waals surface area contributed by atoms with Crippen LogP contribution in [0.15, 0.2) is 71.8 Å². The van der Waals surface area contributed by atoms with Crippen molar-refractivity contribution < 1.29 is 27.0 Å². The highest BCUT2D eigenvalue weighted by Crippen LogP contribution is 2.32. The normalized spacial score (nSPS) is 11.5. The number of anilines is 1. The Morgan fingerprint density at radius 3 is 2.43 bits per heavy atom. The smallest absolute Gasteiger partial charge is 0.416 e. The van der Waals surface area contributed by atoms with E-state index < -0.39 is 11.7 Å². The molecule has 156 valence electrons. The van der Waals surface area contributed by atoms with Crippen LogP contribution in [0, 0.1) is 5.82 Å². The molecule has 3 aromatic carbocycles. The highest BCUT2D eigenvalue weighted by atomic mass is 19.4. The van der Waals surface area contributed by atoms with Crippen molar-refractivity contribution in [2.24, 2.45) is 5.10 Å². The molecule has 0 bridgehead atoms. The van der Waals surface area contributed by atoms with Crippen molar-refractivity contribution in [2.75, 3.05) is 12.5 Å². The van der Waals surface area contributed by atoms with Gasteiger partial charge in [0.05, 0.1) is 24.6 Å². The quantitative estimate of drug-likeness (QED) is 0.296. The van der Waals surface area contributed by atoms with Crippen LogP contribution in [0.4, 0.5) is 23.2 Å². The maximum Gasteiger partial charge on any atom is 0.416 e. The highest BCUT2D eigenvalue weighted by Gasteiger charge is 2.30. The molecule has 0 saturated carbocycles. The van der Waals surface area contributed by atoms with E-state index in [-0.39, 0.29) is 18.1 Å². The average molecular weight is 418 g/mol. The lowest BCUT2D eigenvalue weighted by Crippen LogP contribution is -2.05. The molecule has 0 aliphatic rings. The second-order valence-corrected chi connectivity index (χ2v) is 6.24. The first-order chi connectivity index (χ1) is 14.4. The fourth-order valence-corrected chi connectivity index (χ4v) is 2.63. The van der Waals surface area contributed by atoms with E-state index in [1.807, 2.05) is 0 Å². The molecule has 0 radical (unpaired) electrons. The van der Waals surface area contributed by atoms with E-state index in [0.29, 0.717) is 17.1 Å². The summed E-state index contributed by atoms with van der Waals surface area (Å²) >= 11 is 0. The third kappa shape index (κ3) is 5.50. The molecule has 1 N–H and O–H groups in total. The number of para-hydroxylation sites is 1. The Morgan fingerprint density at radius 2 is 1.73 bits per heavy atom. The summed E-state index contributed by atoms with van der Waals surface area (Å²) in [5.41, 5.74) is 3.31. The summed E-state index contributed by atoms with van der Waals surface area (Å²) < 4.78 is 62.7. The standard InChI is InChI=1S/C22H18F4N2O2/c1-29-20-7-2-4-16(21(20)30-14-15-8-10-18(23)11-9-15)13-27-28-19-6-3-5-17(12-19)22(24,25)26/h2-13,28H,14H2,1H3. The zero-order valence-electron chi connectivity index (χ0n) is 15.9. The van der Waals surface area contributed by atoms with Crippen LogP contribution in [0.3, 0.4) is 0 Å². The number of nitrogens with zero attached hydrogens (tertiary/aromatic N) is 1. The lowest BCUT2D eigenvalue weighted by atomic mass is 10.2. The number of methoxy groups -OCH3 is 1. The van der Waals surface area contributed by atoms with Crippen LogP contribution in [-0.2, 0) is 12.8 Å². The fourth-order valence-electron chi connectivity index (χ4n) is 2.63. The maximum absolute atomic E-state index is 13.1. The Bertz CT molecular complexity index is 1020. The molecule has 8 heteroatoms. The summed E-state index contributed by atoms with van der Waals surface area (Å²) in [4.78, 5) is 0. The number of alkyl halides is 3. The molecule has 0 amide bonds. The van der Waals surface area contributed by atoms with E-state index in [2.05, 4.69) is 10.5 Å². The first-order valence-corrected chi connectivity index (χ1v) is 8.87. The molecule has 0 saturated heterocycles. The van der Waals surface area contributed by atoms with Crippen LogP contribution in [0.5, 0.6) is 11.5 Å². The van der Waals surface area contributed by atoms with Gasteiger partial charge in [-0.25, -0.2) is 4.39 Å². The monoisotopic (exact) mass is 418 g/mol. The second kappa shape index (κ2) is 9.30. The van der Waals surface area contributed by atoms with E-state index in [0.717, 1.165) is 17.7 Å². The Balaban J connectivity index is 1.76. The van der Waals surface area contributed by atoms with Gasteiger partial charge >= 0.3 is 6.18 Å². The number of hydrogen-bond donors (Lipinski definition) is 1. The van der Waals surface area contributed by atoms with Gasteiger partial charge in [0.1, 0.15) is 12.4 Å². The van der Waals surface area contributed by atoms with Crippen LogP contribution in [-0.4, -0.2) is 13.3 Å². The zero-order chi connectivity index (χ0) is 21.6. The lowest BCUT2D eigenvalue weighted by molar-refractivity contribution is -0.137. The summed E-state index contributed by atoms with van der Waals surface area (Å²) in [7, 11) is 1.49. The molecular weight excluding hydrogens is 400 g/mol. The molecule has 0 aliphatic carbocycles. The number of nitrogens with one attached hydrogen (secondary N) is 1. The number of ether oxygens (including phenoxy) is 2. The summed E-state index contributed by atoms with van der Waals surface area (Å²) in [6.45, 7) is 0.169. The van der Waals surface area contributed by atoms with Crippen molar-refractivity contribution in [2.45, 2.75) is 12.8 Å². The largest absolute Gasteiger partial charge is 0.493 e. The van der Waals surface area contributed by atoms with Crippen LogP contribution < -0.4 is 14.9 Å². The van der Waals surface area contributed by atoms with Crippen LogP contribution in [0.25, 0.3) is 0 Å². The number of rotatable bonds is 7. The lowest BCUT2D eigenvalue weighted by Gasteiger charge is -2.13. The second-order valence-electron chi connectivity index (χ2n) is 6.24. The van der Waals surface area contributed by atoms with Crippen molar-refractivity contribution in [3.63, 3.8) is 0 Å². The minimum Gasteiger partial charge on any atom is -0.493 e. The summed E-state index contributed by atoms with van der Waals surface area (Å²) in [6.07, 6.45) is -3.02. The van der Waals surface area contributed by atoms with Gasteiger partial charge in [-0.1, -0.05) is 24.3 Å². The maximum atomic E-state index is 13.1. The van der Waals surface area contributed by atoms with Gasteiger partial charge in [0, 0.05) is 5.56 Å². The Morgan fingerprint density at radius 1 is 1.00 bits per heavy atom. The SMILES string of the molecule is COc1cccc(C=NNc2cccc(C(F)(F)F)c2)c1OCc1ccc(F)cc1. The number of hydrazone groups is 1. The van der Waals surface area contributed by atoms with Gasteiger partial charge in [-0.15, -0.1) is 0 Å². The fraction of sp³-hybridized carbons (Fsp3) is 0.136. The molecule has 4 nitrogen and oxygen atoms in total. The van der Waals surface area contributed by atoms with Crippen molar-refractivity contribution in [1.29, 1.82) is 0 Å². The van der Waals surface area contributed by atoms with Gasteiger partial charge < -0.3 is 9.47 Å². The van der Waals surface area contributed by atoms with Gasteiger partial charge in [0.15, 0.2) is 11.5 Å². The third-order valence-corrected chi connectivity index (χ3v) is 4.11. The summed E-state index contributed by atoms with van der Waals surface area (Å²) in [6, 6.07) is 15.8. The predicted octanol–water partition coefficient (Wildman–Crippen LogP) is 5.88. The Kier molecular flexibility index (Phi) is 6.56. The van der Waals surface area contributed by atoms with E-state index >= 15 is 0 Å². The molecule has 0 spiro atoms. The molecule has 3 aromatic rings. The molecule has 0 heterocycles. The van der Waals surface area contributed by atoms with Crippen LogP contribution >= 0.6 is 0 Å². The highest BCUT2D eigenvalue weighted by molar-refractivity contribution is 5.85. The van der Waals surface area contributed by atoms with E-state index in [4.69, 9.17) is 9.47 Å². The van der Waals surface area contributed by atoms with Gasteiger partial charge in [-0.05, 0) is 48.0 Å². The Hall–Kier alpha value is -3.55. The van der Waals surface area contributed by atoms with Crippen molar-refractivity contribution in [3.05, 3.63) is 89.2 Å². The molecule has 0 aliphatic heterocycles. The van der Waals surface area contributed by atoms with Crippen molar-refractivity contribution in [1.82, 2.24) is 0 Å². The van der Waals surface area contributed by atoms with Crippen molar-refractivity contribution in [3.8, 4) is 11.5 Å².